The predicted octanol–water partition coefficient (Wildman–Crippen LogP) is 3.19. The second kappa shape index (κ2) is 4.17. The van der Waals surface area contributed by atoms with Gasteiger partial charge >= 0.3 is 6.43 Å². The van der Waals surface area contributed by atoms with Gasteiger partial charge in [-0.2, -0.15) is 8.78 Å². The lowest BCUT2D eigenvalue weighted by Crippen LogP contribution is -1.99. The lowest BCUT2D eigenvalue weighted by atomic mass is 10.1. The van der Waals surface area contributed by atoms with E-state index in [4.69, 9.17) is 16.0 Å². The van der Waals surface area contributed by atoms with E-state index in [2.05, 4.69) is 4.98 Å². The Hall–Kier alpha value is -1.49. The molecule has 0 bridgehead atoms. The van der Waals surface area contributed by atoms with Crippen LogP contribution in [-0.2, 0) is 0 Å². The predicted molar refractivity (Wildman–Crippen MR) is 54.0 cm³/mol. The first-order chi connectivity index (χ1) is 7.61. The molecule has 84 valence electrons. The summed E-state index contributed by atoms with van der Waals surface area (Å²) < 4.78 is 29.4. The Balaban J connectivity index is 2.49. The Morgan fingerprint density at radius 2 is 2.25 bits per heavy atom. The summed E-state index contributed by atoms with van der Waals surface area (Å²) in [5.74, 6) is -1.11. The minimum atomic E-state index is -2.76. The van der Waals surface area contributed by atoms with Crippen molar-refractivity contribution in [1.82, 2.24) is 4.98 Å². The molecular formula is C10H6ClF2NO2. The molecule has 16 heavy (non-hydrogen) atoms. The molecule has 0 radical (unpaired) electrons. The van der Waals surface area contributed by atoms with Crippen molar-refractivity contribution in [1.29, 1.82) is 0 Å². The van der Waals surface area contributed by atoms with Crippen molar-refractivity contribution < 1.29 is 18.0 Å². The topological polar surface area (TPSA) is 43.1 Å². The molecule has 3 nitrogen and oxygen atoms in total. The van der Waals surface area contributed by atoms with Crippen LogP contribution in [-0.4, -0.2) is 16.6 Å². The maximum absolute atomic E-state index is 12.3. The summed E-state index contributed by atoms with van der Waals surface area (Å²) in [6.45, 7) is 0. The standard InChI is InChI=1S/C10H6ClF2NO2/c11-4-7(15)5-1-2-6-8(3-5)16-10(14-6)9(12)13/h1-3,9H,4H2. The van der Waals surface area contributed by atoms with Crippen molar-refractivity contribution in [2.75, 3.05) is 5.88 Å². The zero-order valence-corrected chi connectivity index (χ0v) is 8.67. The number of rotatable bonds is 3. The molecule has 0 aliphatic rings. The third-order valence-corrected chi connectivity index (χ3v) is 2.28. The van der Waals surface area contributed by atoms with Gasteiger partial charge in [-0.05, 0) is 18.2 Å². The van der Waals surface area contributed by atoms with E-state index in [-0.39, 0.29) is 17.2 Å². The highest BCUT2D eigenvalue weighted by Gasteiger charge is 2.16. The minimum absolute atomic E-state index is 0.159. The van der Waals surface area contributed by atoms with Crippen molar-refractivity contribution in [3.05, 3.63) is 29.7 Å². The number of oxazole rings is 1. The number of benzene rings is 1. The Bertz CT molecular complexity index is 539. The SMILES string of the molecule is O=C(CCl)c1ccc2nc(C(F)F)oc2c1. The number of alkyl halides is 3. The molecule has 2 rings (SSSR count). The second-order valence-electron chi connectivity index (χ2n) is 3.09. The third kappa shape index (κ3) is 1.90. The van der Waals surface area contributed by atoms with Gasteiger partial charge in [0.2, 0.25) is 0 Å². The first-order valence-electron chi connectivity index (χ1n) is 4.39. The first kappa shape index (κ1) is 11.0. The van der Waals surface area contributed by atoms with E-state index in [0.717, 1.165) is 0 Å². The van der Waals surface area contributed by atoms with Gasteiger partial charge in [0.05, 0.1) is 5.88 Å². The summed E-state index contributed by atoms with van der Waals surface area (Å²) in [6, 6.07) is 4.29. The van der Waals surface area contributed by atoms with Gasteiger partial charge in [0.25, 0.3) is 5.89 Å². The van der Waals surface area contributed by atoms with E-state index in [0.29, 0.717) is 11.1 Å². The maximum atomic E-state index is 12.3. The van der Waals surface area contributed by atoms with Crippen LogP contribution in [0.3, 0.4) is 0 Å². The Morgan fingerprint density at radius 1 is 1.50 bits per heavy atom. The largest absolute Gasteiger partial charge is 0.435 e. The van der Waals surface area contributed by atoms with Crippen LogP contribution in [0.15, 0.2) is 22.6 Å². The summed E-state index contributed by atoms with van der Waals surface area (Å²) in [6.07, 6.45) is -2.76. The molecule has 2 aromatic rings. The lowest BCUT2D eigenvalue weighted by molar-refractivity contribution is 0.102. The zero-order chi connectivity index (χ0) is 11.7. The van der Waals surface area contributed by atoms with E-state index < -0.39 is 12.3 Å². The summed E-state index contributed by atoms with van der Waals surface area (Å²) >= 11 is 5.38. The van der Waals surface area contributed by atoms with E-state index in [1.54, 1.807) is 0 Å². The molecule has 1 aromatic heterocycles. The lowest BCUT2D eigenvalue weighted by Gasteiger charge is -1.94. The average molecular weight is 246 g/mol. The quantitative estimate of drug-likeness (QED) is 0.616. The van der Waals surface area contributed by atoms with E-state index in [9.17, 15) is 13.6 Å². The number of aromatic nitrogens is 1. The molecule has 0 aliphatic carbocycles. The fourth-order valence-electron chi connectivity index (χ4n) is 1.29. The smallest absolute Gasteiger partial charge is 0.313 e. The van der Waals surface area contributed by atoms with Gasteiger partial charge < -0.3 is 4.42 Å². The van der Waals surface area contributed by atoms with Crippen LogP contribution in [0.4, 0.5) is 8.78 Å². The van der Waals surface area contributed by atoms with Crippen molar-refractivity contribution in [2.45, 2.75) is 6.43 Å². The van der Waals surface area contributed by atoms with Crippen LogP contribution >= 0.6 is 11.6 Å². The summed E-state index contributed by atoms with van der Waals surface area (Å²) in [7, 11) is 0. The fourth-order valence-corrected chi connectivity index (χ4v) is 1.44. The highest BCUT2D eigenvalue weighted by molar-refractivity contribution is 6.30. The number of hydrogen-bond donors (Lipinski definition) is 0. The molecule has 1 aromatic carbocycles. The van der Waals surface area contributed by atoms with Gasteiger partial charge in [0.15, 0.2) is 11.4 Å². The van der Waals surface area contributed by atoms with Crippen LogP contribution in [0.1, 0.15) is 22.7 Å². The van der Waals surface area contributed by atoms with Crippen molar-refractivity contribution >= 4 is 28.5 Å². The minimum Gasteiger partial charge on any atom is -0.435 e. The third-order valence-electron chi connectivity index (χ3n) is 2.04. The highest BCUT2D eigenvalue weighted by atomic mass is 35.5. The van der Waals surface area contributed by atoms with Gasteiger partial charge in [-0.1, -0.05) is 0 Å². The Kier molecular flexibility index (Phi) is 2.87. The average Bonchev–Trinajstić information content (AvgIpc) is 2.70. The van der Waals surface area contributed by atoms with Crippen LogP contribution in [0.5, 0.6) is 0 Å². The van der Waals surface area contributed by atoms with Crippen LogP contribution in [0.2, 0.25) is 0 Å². The second-order valence-corrected chi connectivity index (χ2v) is 3.36. The highest BCUT2D eigenvalue weighted by Crippen LogP contribution is 2.24. The van der Waals surface area contributed by atoms with E-state index >= 15 is 0 Å². The van der Waals surface area contributed by atoms with Crippen molar-refractivity contribution in [3.63, 3.8) is 0 Å². The molecule has 0 N–H and O–H groups in total. The van der Waals surface area contributed by atoms with Crippen molar-refractivity contribution in [2.24, 2.45) is 0 Å². The summed E-state index contributed by atoms with van der Waals surface area (Å²) in [5, 5.41) is 0. The van der Waals surface area contributed by atoms with Gasteiger partial charge in [-0.15, -0.1) is 11.6 Å². The molecule has 0 spiro atoms. The zero-order valence-electron chi connectivity index (χ0n) is 7.91. The number of hydrogen-bond acceptors (Lipinski definition) is 3. The van der Waals surface area contributed by atoms with Crippen LogP contribution in [0, 0.1) is 0 Å². The number of halogens is 3. The number of carbonyl (C=O) groups excluding carboxylic acids is 1. The molecule has 0 fully saturated rings. The normalized spacial score (nSPS) is 11.2. The number of Topliss-reactive ketones (excluding diaryl/α,β-unsaturated/α-hetero) is 1. The van der Waals surface area contributed by atoms with Crippen LogP contribution < -0.4 is 0 Å². The fraction of sp³-hybridized carbons (Fsp3) is 0.200. The molecule has 0 atom stereocenters. The van der Waals surface area contributed by atoms with E-state index in [1.807, 2.05) is 0 Å². The van der Waals surface area contributed by atoms with Crippen molar-refractivity contribution in [3.8, 4) is 0 Å². The Morgan fingerprint density at radius 3 is 2.88 bits per heavy atom. The molecule has 0 unspecified atom stereocenters. The number of carbonyl (C=O) groups is 1. The molecule has 0 saturated carbocycles. The Labute approximate surface area is 94.0 Å². The number of fused-ring (bicyclic) bond motifs is 1. The van der Waals surface area contributed by atoms with Gasteiger partial charge in [0.1, 0.15) is 5.52 Å². The van der Waals surface area contributed by atoms with Gasteiger partial charge in [-0.25, -0.2) is 4.98 Å². The molecule has 0 amide bonds. The van der Waals surface area contributed by atoms with Crippen LogP contribution in [0.25, 0.3) is 11.1 Å². The maximum Gasteiger partial charge on any atom is 0.313 e. The summed E-state index contributed by atoms with van der Waals surface area (Å²) in [4.78, 5) is 14.8. The molecule has 1 heterocycles. The molecule has 6 heteroatoms. The van der Waals surface area contributed by atoms with Gasteiger partial charge in [0, 0.05) is 5.56 Å². The molecule has 0 aliphatic heterocycles. The molecule has 0 saturated heterocycles. The van der Waals surface area contributed by atoms with Gasteiger partial charge in [-0.3, -0.25) is 4.79 Å². The molecular weight excluding hydrogens is 240 g/mol. The number of ketones is 1. The monoisotopic (exact) mass is 245 g/mol. The number of nitrogens with zero attached hydrogens (tertiary/aromatic N) is 1. The first-order valence-corrected chi connectivity index (χ1v) is 4.93. The van der Waals surface area contributed by atoms with E-state index in [1.165, 1.54) is 18.2 Å². The summed E-state index contributed by atoms with van der Waals surface area (Å²) in [5.41, 5.74) is 0.771.